The Kier molecular flexibility index (Phi) is 2.66. The first-order valence-electron chi connectivity index (χ1n) is 7.46. The SMILES string of the molecule is CCc1c(O)c2c(=O)n3c4c(cccc4c2oc1=O)CCC3. The van der Waals surface area contributed by atoms with Gasteiger partial charge in [-0.15, -0.1) is 0 Å². The van der Waals surface area contributed by atoms with E-state index in [1.807, 2.05) is 18.2 Å². The molecule has 0 saturated heterocycles. The minimum Gasteiger partial charge on any atom is -0.506 e. The van der Waals surface area contributed by atoms with Crippen LogP contribution in [0.25, 0.3) is 21.9 Å². The highest BCUT2D eigenvalue weighted by atomic mass is 16.4. The van der Waals surface area contributed by atoms with Crippen LogP contribution >= 0.6 is 0 Å². The molecule has 112 valence electrons. The number of benzene rings is 1. The van der Waals surface area contributed by atoms with Gasteiger partial charge in [0, 0.05) is 11.9 Å². The maximum Gasteiger partial charge on any atom is 0.343 e. The normalized spacial score (nSPS) is 13.9. The highest BCUT2D eigenvalue weighted by Crippen LogP contribution is 2.32. The fourth-order valence-electron chi connectivity index (χ4n) is 3.43. The molecule has 0 aliphatic carbocycles. The molecule has 4 rings (SSSR count). The lowest BCUT2D eigenvalue weighted by Gasteiger charge is -2.20. The van der Waals surface area contributed by atoms with Crippen LogP contribution in [0.5, 0.6) is 5.75 Å². The number of pyridine rings is 1. The van der Waals surface area contributed by atoms with E-state index >= 15 is 0 Å². The van der Waals surface area contributed by atoms with E-state index in [1.165, 1.54) is 0 Å². The van der Waals surface area contributed by atoms with Crippen molar-refractivity contribution in [2.24, 2.45) is 0 Å². The third-order valence-electron chi connectivity index (χ3n) is 4.47. The van der Waals surface area contributed by atoms with Crippen molar-refractivity contribution < 1.29 is 9.52 Å². The first-order chi connectivity index (χ1) is 10.6. The van der Waals surface area contributed by atoms with Crippen molar-refractivity contribution in [3.05, 3.63) is 50.1 Å². The summed E-state index contributed by atoms with van der Waals surface area (Å²) < 4.78 is 7.10. The van der Waals surface area contributed by atoms with Gasteiger partial charge < -0.3 is 14.1 Å². The maximum atomic E-state index is 12.8. The van der Waals surface area contributed by atoms with E-state index in [0.29, 0.717) is 18.4 Å². The highest BCUT2D eigenvalue weighted by Gasteiger charge is 2.23. The average Bonchev–Trinajstić information content (AvgIpc) is 2.52. The number of hydrogen-bond donors (Lipinski definition) is 1. The van der Waals surface area contributed by atoms with Gasteiger partial charge in [-0.05, 0) is 30.9 Å². The Hall–Kier alpha value is -2.56. The van der Waals surface area contributed by atoms with Gasteiger partial charge in [0.05, 0.1) is 11.1 Å². The maximum absolute atomic E-state index is 12.8. The number of aromatic nitrogens is 1. The Labute approximate surface area is 125 Å². The molecule has 1 aliphatic heterocycles. The smallest absolute Gasteiger partial charge is 0.343 e. The van der Waals surface area contributed by atoms with Gasteiger partial charge in [-0.3, -0.25) is 4.79 Å². The molecule has 0 atom stereocenters. The average molecular weight is 297 g/mol. The fraction of sp³-hybridized carbons (Fsp3) is 0.294. The molecule has 0 saturated carbocycles. The molecule has 0 fully saturated rings. The summed E-state index contributed by atoms with van der Waals surface area (Å²) in [5, 5.41) is 11.2. The first kappa shape index (κ1) is 13.1. The summed E-state index contributed by atoms with van der Waals surface area (Å²) in [6.07, 6.45) is 2.10. The minimum absolute atomic E-state index is 0.114. The molecule has 3 heterocycles. The summed E-state index contributed by atoms with van der Waals surface area (Å²) in [7, 11) is 0. The van der Waals surface area contributed by atoms with Crippen molar-refractivity contribution >= 4 is 21.9 Å². The molecule has 5 heteroatoms. The molecule has 0 spiro atoms. The van der Waals surface area contributed by atoms with Gasteiger partial charge in [0.25, 0.3) is 5.56 Å². The van der Waals surface area contributed by atoms with Crippen molar-refractivity contribution in [3.63, 3.8) is 0 Å². The Morgan fingerprint density at radius 1 is 1.32 bits per heavy atom. The Bertz CT molecular complexity index is 1040. The number of hydrogen-bond acceptors (Lipinski definition) is 4. The summed E-state index contributed by atoms with van der Waals surface area (Å²) in [4.78, 5) is 24.9. The second-order valence-corrected chi connectivity index (χ2v) is 5.65. The highest BCUT2D eigenvalue weighted by molar-refractivity contribution is 6.05. The third kappa shape index (κ3) is 1.53. The van der Waals surface area contributed by atoms with E-state index in [4.69, 9.17) is 4.42 Å². The lowest BCUT2D eigenvalue weighted by Crippen LogP contribution is -2.26. The van der Waals surface area contributed by atoms with Gasteiger partial charge in [0.2, 0.25) is 0 Å². The van der Waals surface area contributed by atoms with Crippen LogP contribution in [0.2, 0.25) is 0 Å². The van der Waals surface area contributed by atoms with Crippen molar-refractivity contribution in [2.75, 3.05) is 0 Å². The molecule has 1 aliphatic rings. The monoisotopic (exact) mass is 297 g/mol. The van der Waals surface area contributed by atoms with Crippen molar-refractivity contribution in [3.8, 4) is 5.75 Å². The van der Waals surface area contributed by atoms with Gasteiger partial charge in [-0.2, -0.15) is 0 Å². The predicted molar refractivity (Wildman–Crippen MR) is 83.6 cm³/mol. The van der Waals surface area contributed by atoms with E-state index in [2.05, 4.69) is 0 Å². The van der Waals surface area contributed by atoms with Crippen LogP contribution in [0.1, 0.15) is 24.5 Å². The number of rotatable bonds is 1. The van der Waals surface area contributed by atoms with Gasteiger partial charge >= 0.3 is 5.63 Å². The van der Waals surface area contributed by atoms with Crippen LogP contribution in [0.4, 0.5) is 0 Å². The Morgan fingerprint density at radius 2 is 2.14 bits per heavy atom. The van der Waals surface area contributed by atoms with Gasteiger partial charge in [-0.1, -0.05) is 19.1 Å². The Balaban J connectivity index is 2.36. The van der Waals surface area contributed by atoms with Gasteiger partial charge in [0.15, 0.2) is 5.58 Å². The summed E-state index contributed by atoms with van der Waals surface area (Å²) in [5.41, 5.74) is 1.38. The number of aromatic hydroxyl groups is 1. The fourth-order valence-corrected chi connectivity index (χ4v) is 3.43. The lowest BCUT2D eigenvalue weighted by molar-refractivity contribution is 0.456. The predicted octanol–water partition coefficient (Wildman–Crippen LogP) is 2.32. The molecular weight excluding hydrogens is 282 g/mol. The molecule has 0 amide bonds. The summed E-state index contributed by atoms with van der Waals surface area (Å²) in [5.74, 6) is -0.236. The molecule has 3 aromatic rings. The molecule has 0 bridgehead atoms. The second kappa shape index (κ2) is 4.47. The number of nitrogens with zero attached hydrogens (tertiary/aromatic N) is 1. The largest absolute Gasteiger partial charge is 0.506 e. The Morgan fingerprint density at radius 3 is 2.91 bits per heavy atom. The standard InChI is InChI=1S/C17H15NO4/c1-2-10-14(19)12-15(22-17(10)21)11-7-3-5-9-6-4-8-18(13(9)11)16(12)20/h3,5,7,19H,2,4,6,8H2,1H3. The summed E-state index contributed by atoms with van der Waals surface area (Å²) >= 11 is 0. The molecule has 1 N–H and O–H groups in total. The molecular formula is C17H15NO4. The van der Waals surface area contributed by atoms with Crippen LogP contribution in [-0.4, -0.2) is 9.67 Å². The van der Waals surface area contributed by atoms with E-state index in [-0.39, 0.29) is 27.8 Å². The summed E-state index contributed by atoms with van der Waals surface area (Å²) in [6, 6.07) is 5.71. The van der Waals surface area contributed by atoms with Crippen molar-refractivity contribution in [1.29, 1.82) is 0 Å². The number of fused-ring (bicyclic) bond motifs is 2. The third-order valence-corrected chi connectivity index (χ3v) is 4.47. The first-order valence-corrected chi connectivity index (χ1v) is 7.46. The molecule has 0 radical (unpaired) electrons. The summed E-state index contributed by atoms with van der Waals surface area (Å²) in [6.45, 7) is 2.36. The minimum atomic E-state index is -0.576. The molecule has 22 heavy (non-hydrogen) atoms. The van der Waals surface area contributed by atoms with Crippen LogP contribution in [-0.2, 0) is 19.4 Å². The van der Waals surface area contributed by atoms with Gasteiger partial charge in [0.1, 0.15) is 11.1 Å². The second-order valence-electron chi connectivity index (χ2n) is 5.65. The van der Waals surface area contributed by atoms with E-state index < -0.39 is 5.63 Å². The van der Waals surface area contributed by atoms with Crippen molar-refractivity contribution in [1.82, 2.24) is 4.57 Å². The molecule has 2 aromatic heterocycles. The molecule has 5 nitrogen and oxygen atoms in total. The number of aryl methyl sites for hydroxylation is 2. The zero-order valence-electron chi connectivity index (χ0n) is 12.2. The molecule has 1 aromatic carbocycles. The van der Waals surface area contributed by atoms with Crippen LogP contribution < -0.4 is 11.2 Å². The van der Waals surface area contributed by atoms with Crippen molar-refractivity contribution in [2.45, 2.75) is 32.7 Å². The quantitative estimate of drug-likeness (QED) is 0.700. The van der Waals surface area contributed by atoms with Crippen LogP contribution in [0, 0.1) is 0 Å². The zero-order chi connectivity index (χ0) is 15.4. The topological polar surface area (TPSA) is 72.4 Å². The van der Waals surface area contributed by atoms with E-state index in [9.17, 15) is 14.7 Å². The van der Waals surface area contributed by atoms with Crippen LogP contribution in [0.15, 0.2) is 32.2 Å². The number of para-hydroxylation sites is 1. The lowest BCUT2D eigenvalue weighted by atomic mass is 9.99. The van der Waals surface area contributed by atoms with Crippen LogP contribution in [0.3, 0.4) is 0 Å². The van der Waals surface area contributed by atoms with E-state index in [0.717, 1.165) is 23.9 Å². The van der Waals surface area contributed by atoms with Gasteiger partial charge in [-0.25, -0.2) is 4.79 Å². The van der Waals surface area contributed by atoms with E-state index in [1.54, 1.807) is 11.5 Å². The molecule has 0 unspecified atom stereocenters. The zero-order valence-corrected chi connectivity index (χ0v) is 12.2.